The van der Waals surface area contributed by atoms with Crippen LogP contribution in [-0.2, 0) is 0 Å². The number of rotatable bonds is 6. The summed E-state index contributed by atoms with van der Waals surface area (Å²) in [6.07, 6.45) is 2.31. The zero-order valence-electron chi connectivity index (χ0n) is 13.3. The van der Waals surface area contributed by atoms with E-state index in [1.807, 2.05) is 24.3 Å². The van der Waals surface area contributed by atoms with E-state index in [4.69, 9.17) is 4.74 Å². The molecule has 1 saturated heterocycles. The highest BCUT2D eigenvalue weighted by Crippen LogP contribution is 2.16. The molecular weight excluding hydrogens is 264 g/mol. The molecule has 0 saturated carbocycles. The highest BCUT2D eigenvalue weighted by molar-refractivity contribution is 5.97. The molecule has 1 aliphatic heterocycles. The predicted octanol–water partition coefficient (Wildman–Crippen LogP) is 2.29. The fraction of sp³-hybridized carbons (Fsp3) is 0.588. The Morgan fingerprint density at radius 3 is 2.43 bits per heavy atom. The topological polar surface area (TPSA) is 32.8 Å². The number of piperidine rings is 1. The minimum absolute atomic E-state index is 0.179. The molecule has 1 heterocycles. The number of Topliss-reactive ketones (excluding diaryl/α,β-unsaturated/α-hetero) is 1. The maximum Gasteiger partial charge on any atom is 0.176 e. The van der Waals surface area contributed by atoms with E-state index in [9.17, 15) is 4.79 Å². The van der Waals surface area contributed by atoms with Gasteiger partial charge in [-0.3, -0.25) is 9.69 Å². The molecule has 21 heavy (non-hydrogen) atoms. The second-order valence-electron chi connectivity index (χ2n) is 5.73. The van der Waals surface area contributed by atoms with Crippen LogP contribution in [0.15, 0.2) is 24.3 Å². The van der Waals surface area contributed by atoms with Crippen LogP contribution in [0.4, 0.5) is 0 Å². The lowest BCUT2D eigenvalue weighted by Gasteiger charge is -2.36. The number of methoxy groups -OCH3 is 1. The van der Waals surface area contributed by atoms with Crippen LogP contribution in [-0.4, -0.2) is 62.0 Å². The van der Waals surface area contributed by atoms with Crippen molar-refractivity contribution in [1.29, 1.82) is 0 Å². The smallest absolute Gasteiger partial charge is 0.176 e. The van der Waals surface area contributed by atoms with Crippen LogP contribution >= 0.6 is 0 Å². The molecule has 0 bridgehead atoms. The molecule has 1 aliphatic rings. The number of benzene rings is 1. The van der Waals surface area contributed by atoms with Crippen molar-refractivity contribution in [3.63, 3.8) is 0 Å². The Kier molecular flexibility index (Phi) is 5.76. The number of carbonyl (C=O) groups excluding carboxylic acids is 1. The molecule has 2 rings (SSSR count). The van der Waals surface area contributed by atoms with Crippen LogP contribution in [0.3, 0.4) is 0 Å². The Morgan fingerprint density at radius 1 is 1.29 bits per heavy atom. The van der Waals surface area contributed by atoms with Gasteiger partial charge < -0.3 is 9.64 Å². The number of carbonyl (C=O) groups is 1. The number of hydrogen-bond acceptors (Lipinski definition) is 4. The van der Waals surface area contributed by atoms with E-state index in [2.05, 4.69) is 23.8 Å². The standard InChI is InChI=1S/C17H26N2O2/c1-4-19-11-9-15(10-12-19)18(2)13-17(20)14-5-7-16(21-3)8-6-14/h5-8,15H,4,9-13H2,1-3H3. The van der Waals surface area contributed by atoms with Crippen molar-refractivity contribution in [3.8, 4) is 5.75 Å². The molecule has 4 heteroatoms. The number of nitrogens with zero attached hydrogens (tertiary/aromatic N) is 2. The first-order valence-corrected chi connectivity index (χ1v) is 7.74. The quantitative estimate of drug-likeness (QED) is 0.753. The first-order valence-electron chi connectivity index (χ1n) is 7.74. The molecule has 4 nitrogen and oxygen atoms in total. The van der Waals surface area contributed by atoms with E-state index in [1.165, 1.54) is 0 Å². The Labute approximate surface area is 127 Å². The van der Waals surface area contributed by atoms with E-state index >= 15 is 0 Å². The van der Waals surface area contributed by atoms with Crippen LogP contribution in [0, 0.1) is 0 Å². The molecule has 0 unspecified atom stereocenters. The van der Waals surface area contributed by atoms with Gasteiger partial charge in [-0.2, -0.15) is 0 Å². The van der Waals surface area contributed by atoms with Gasteiger partial charge in [0, 0.05) is 11.6 Å². The first-order chi connectivity index (χ1) is 10.1. The molecule has 1 aromatic rings. The van der Waals surface area contributed by atoms with E-state index in [0.717, 1.165) is 43.8 Å². The zero-order valence-corrected chi connectivity index (χ0v) is 13.3. The molecule has 1 aromatic carbocycles. The summed E-state index contributed by atoms with van der Waals surface area (Å²) in [6.45, 7) is 6.10. The number of ketones is 1. The average Bonchev–Trinajstić information content (AvgIpc) is 2.55. The van der Waals surface area contributed by atoms with E-state index in [0.29, 0.717) is 12.6 Å². The molecule has 0 aliphatic carbocycles. The van der Waals surface area contributed by atoms with Gasteiger partial charge in [0.1, 0.15) is 5.75 Å². The van der Waals surface area contributed by atoms with Crippen molar-refractivity contribution in [3.05, 3.63) is 29.8 Å². The van der Waals surface area contributed by atoms with E-state index in [1.54, 1.807) is 7.11 Å². The third kappa shape index (κ3) is 4.29. The highest BCUT2D eigenvalue weighted by atomic mass is 16.5. The lowest BCUT2D eigenvalue weighted by Crippen LogP contribution is -2.44. The van der Waals surface area contributed by atoms with Crippen molar-refractivity contribution in [2.75, 3.05) is 40.3 Å². The maximum absolute atomic E-state index is 12.3. The van der Waals surface area contributed by atoms with Crippen LogP contribution in [0.1, 0.15) is 30.1 Å². The number of likely N-dealkylation sites (tertiary alicyclic amines) is 1. The summed E-state index contributed by atoms with van der Waals surface area (Å²) in [5, 5.41) is 0. The number of ether oxygens (including phenoxy) is 1. The highest BCUT2D eigenvalue weighted by Gasteiger charge is 2.23. The third-order valence-electron chi connectivity index (χ3n) is 4.43. The Hall–Kier alpha value is -1.39. The molecule has 1 fully saturated rings. The largest absolute Gasteiger partial charge is 0.497 e. The van der Waals surface area contributed by atoms with Crippen molar-refractivity contribution < 1.29 is 9.53 Å². The van der Waals surface area contributed by atoms with Gasteiger partial charge in [-0.25, -0.2) is 0 Å². The number of hydrogen-bond donors (Lipinski definition) is 0. The van der Waals surface area contributed by atoms with Gasteiger partial charge in [0.15, 0.2) is 5.78 Å². The third-order valence-corrected chi connectivity index (χ3v) is 4.43. The summed E-state index contributed by atoms with van der Waals surface area (Å²) in [5.74, 6) is 0.963. The van der Waals surface area contributed by atoms with Crippen LogP contribution in [0.2, 0.25) is 0 Å². The lowest BCUT2D eigenvalue weighted by molar-refractivity contribution is 0.0858. The van der Waals surface area contributed by atoms with Crippen molar-refractivity contribution in [1.82, 2.24) is 9.80 Å². The second-order valence-corrected chi connectivity index (χ2v) is 5.73. The fourth-order valence-electron chi connectivity index (χ4n) is 2.90. The molecule has 0 atom stereocenters. The van der Waals surface area contributed by atoms with E-state index < -0.39 is 0 Å². The van der Waals surface area contributed by atoms with Crippen LogP contribution in [0.25, 0.3) is 0 Å². The lowest BCUT2D eigenvalue weighted by atomic mass is 10.0. The molecular formula is C17H26N2O2. The Morgan fingerprint density at radius 2 is 1.90 bits per heavy atom. The predicted molar refractivity (Wildman–Crippen MR) is 85.1 cm³/mol. The van der Waals surface area contributed by atoms with Crippen molar-refractivity contribution in [2.45, 2.75) is 25.8 Å². The molecule has 0 spiro atoms. The van der Waals surface area contributed by atoms with Gasteiger partial charge in [-0.1, -0.05) is 6.92 Å². The zero-order chi connectivity index (χ0) is 15.2. The SMILES string of the molecule is CCN1CCC(N(C)CC(=O)c2ccc(OC)cc2)CC1. The second kappa shape index (κ2) is 7.57. The fourth-order valence-corrected chi connectivity index (χ4v) is 2.90. The molecule has 0 radical (unpaired) electrons. The van der Waals surface area contributed by atoms with Crippen LogP contribution < -0.4 is 4.74 Å². The summed E-state index contributed by atoms with van der Waals surface area (Å²) in [6, 6.07) is 7.89. The summed E-state index contributed by atoms with van der Waals surface area (Å²) < 4.78 is 5.12. The van der Waals surface area contributed by atoms with Gasteiger partial charge in [-0.05, 0) is 63.8 Å². The maximum atomic E-state index is 12.3. The van der Waals surface area contributed by atoms with Gasteiger partial charge >= 0.3 is 0 Å². The molecule has 0 N–H and O–H groups in total. The van der Waals surface area contributed by atoms with Crippen molar-refractivity contribution >= 4 is 5.78 Å². The minimum atomic E-state index is 0.179. The summed E-state index contributed by atoms with van der Waals surface area (Å²) in [7, 11) is 3.70. The molecule has 0 amide bonds. The van der Waals surface area contributed by atoms with Gasteiger partial charge in [0.2, 0.25) is 0 Å². The van der Waals surface area contributed by atoms with Gasteiger partial charge in [0.05, 0.1) is 13.7 Å². The normalized spacial score (nSPS) is 17.1. The first kappa shape index (κ1) is 16.0. The van der Waals surface area contributed by atoms with Gasteiger partial charge in [0.25, 0.3) is 0 Å². The molecule has 116 valence electrons. The Bertz CT molecular complexity index is 450. The molecule has 0 aromatic heterocycles. The summed E-state index contributed by atoms with van der Waals surface area (Å²) >= 11 is 0. The van der Waals surface area contributed by atoms with Gasteiger partial charge in [-0.15, -0.1) is 0 Å². The Balaban J connectivity index is 1.86. The minimum Gasteiger partial charge on any atom is -0.497 e. The summed E-state index contributed by atoms with van der Waals surface area (Å²) in [5.41, 5.74) is 0.758. The number of likely N-dealkylation sites (N-methyl/N-ethyl adjacent to an activating group) is 1. The average molecular weight is 290 g/mol. The monoisotopic (exact) mass is 290 g/mol. The summed E-state index contributed by atoms with van der Waals surface area (Å²) in [4.78, 5) is 17.0. The van der Waals surface area contributed by atoms with Crippen molar-refractivity contribution in [2.24, 2.45) is 0 Å². The van der Waals surface area contributed by atoms with Crippen LogP contribution in [0.5, 0.6) is 5.75 Å². The van der Waals surface area contributed by atoms with E-state index in [-0.39, 0.29) is 5.78 Å².